The van der Waals surface area contributed by atoms with E-state index >= 15 is 0 Å². The maximum absolute atomic E-state index is 9.30. The lowest BCUT2D eigenvalue weighted by atomic mass is 10.2. The van der Waals surface area contributed by atoms with E-state index < -0.39 is 0 Å². The van der Waals surface area contributed by atoms with E-state index in [1.54, 1.807) is 23.1 Å². The molecule has 4 nitrogen and oxygen atoms in total. The highest BCUT2D eigenvalue weighted by Gasteiger charge is 2.17. The fourth-order valence-electron chi connectivity index (χ4n) is 1.54. The standard InChI is InChI=1S/C11H14N2O2S/c1-8(10-6-16-7-12-10)13-9(5-14)11-3-2-4-15-11/h2-4,6-9,13-14H,5H2,1H3. The molecule has 0 aromatic carbocycles. The Labute approximate surface area is 97.9 Å². The van der Waals surface area contributed by atoms with Crippen molar-refractivity contribution in [2.24, 2.45) is 0 Å². The van der Waals surface area contributed by atoms with Gasteiger partial charge in [0.2, 0.25) is 0 Å². The predicted octanol–water partition coefficient (Wildman–Crippen LogP) is 2.12. The van der Waals surface area contributed by atoms with Gasteiger partial charge < -0.3 is 9.52 Å². The first kappa shape index (κ1) is 11.3. The summed E-state index contributed by atoms with van der Waals surface area (Å²) in [5.41, 5.74) is 2.78. The highest BCUT2D eigenvalue weighted by molar-refractivity contribution is 7.07. The minimum atomic E-state index is -0.188. The fraction of sp³-hybridized carbons (Fsp3) is 0.364. The van der Waals surface area contributed by atoms with Gasteiger partial charge in [0.15, 0.2) is 0 Å². The zero-order valence-electron chi connectivity index (χ0n) is 8.96. The van der Waals surface area contributed by atoms with Crippen molar-refractivity contribution in [1.82, 2.24) is 10.3 Å². The van der Waals surface area contributed by atoms with Crippen molar-refractivity contribution >= 4 is 11.3 Å². The summed E-state index contributed by atoms with van der Waals surface area (Å²) in [7, 11) is 0. The maximum atomic E-state index is 9.30. The van der Waals surface area contributed by atoms with E-state index in [9.17, 15) is 5.11 Å². The maximum Gasteiger partial charge on any atom is 0.123 e. The first-order valence-corrected chi connectivity index (χ1v) is 6.04. The van der Waals surface area contributed by atoms with Crippen LogP contribution in [0.15, 0.2) is 33.7 Å². The summed E-state index contributed by atoms with van der Waals surface area (Å²) in [5, 5.41) is 14.6. The van der Waals surface area contributed by atoms with Gasteiger partial charge in [0.05, 0.1) is 30.1 Å². The molecule has 16 heavy (non-hydrogen) atoms. The number of aliphatic hydroxyl groups is 1. The third-order valence-electron chi connectivity index (χ3n) is 2.42. The van der Waals surface area contributed by atoms with Crippen molar-refractivity contribution < 1.29 is 9.52 Å². The van der Waals surface area contributed by atoms with E-state index in [4.69, 9.17) is 4.42 Å². The molecule has 5 heteroatoms. The summed E-state index contributed by atoms with van der Waals surface area (Å²) < 4.78 is 5.26. The Morgan fingerprint density at radius 2 is 2.50 bits per heavy atom. The number of rotatable bonds is 5. The van der Waals surface area contributed by atoms with Crippen molar-refractivity contribution in [2.45, 2.75) is 19.0 Å². The third-order valence-corrected chi connectivity index (χ3v) is 3.02. The number of hydrogen-bond acceptors (Lipinski definition) is 5. The van der Waals surface area contributed by atoms with Crippen LogP contribution in [-0.4, -0.2) is 16.7 Å². The van der Waals surface area contributed by atoms with E-state index in [-0.39, 0.29) is 18.7 Å². The SMILES string of the molecule is CC(NC(CO)c1ccco1)c1cscn1. The minimum absolute atomic E-state index is 0.00197. The average Bonchev–Trinajstić information content (AvgIpc) is 2.96. The Hall–Kier alpha value is -1.17. The second-order valence-electron chi connectivity index (χ2n) is 3.55. The molecule has 86 valence electrons. The third kappa shape index (κ3) is 2.49. The number of aliphatic hydroxyl groups excluding tert-OH is 1. The lowest BCUT2D eigenvalue weighted by Gasteiger charge is -2.18. The van der Waals surface area contributed by atoms with Crippen LogP contribution in [0.25, 0.3) is 0 Å². The van der Waals surface area contributed by atoms with Crippen LogP contribution >= 0.6 is 11.3 Å². The van der Waals surface area contributed by atoms with E-state index in [0.717, 1.165) is 11.5 Å². The quantitative estimate of drug-likeness (QED) is 0.837. The first-order valence-electron chi connectivity index (χ1n) is 5.09. The Balaban J connectivity index is 2.02. The van der Waals surface area contributed by atoms with Crippen molar-refractivity contribution in [3.05, 3.63) is 40.7 Å². The molecule has 2 unspecified atom stereocenters. The molecule has 2 aromatic rings. The van der Waals surface area contributed by atoms with Crippen molar-refractivity contribution in [3.8, 4) is 0 Å². The highest BCUT2D eigenvalue weighted by atomic mass is 32.1. The lowest BCUT2D eigenvalue weighted by molar-refractivity contribution is 0.216. The predicted molar refractivity (Wildman–Crippen MR) is 62.2 cm³/mol. The summed E-state index contributed by atoms with van der Waals surface area (Å²) in [4.78, 5) is 4.23. The van der Waals surface area contributed by atoms with Gasteiger partial charge >= 0.3 is 0 Å². The van der Waals surface area contributed by atoms with E-state index in [2.05, 4.69) is 10.3 Å². The average molecular weight is 238 g/mol. The number of furan rings is 1. The molecule has 0 radical (unpaired) electrons. The van der Waals surface area contributed by atoms with Gasteiger partial charge in [-0.15, -0.1) is 11.3 Å². The molecule has 0 saturated heterocycles. The molecule has 0 fully saturated rings. The second-order valence-corrected chi connectivity index (χ2v) is 4.27. The molecular weight excluding hydrogens is 224 g/mol. The molecule has 0 aliphatic rings. The Morgan fingerprint density at radius 3 is 3.06 bits per heavy atom. The van der Waals surface area contributed by atoms with E-state index in [1.165, 1.54) is 0 Å². The van der Waals surface area contributed by atoms with Gasteiger partial charge in [0.1, 0.15) is 5.76 Å². The van der Waals surface area contributed by atoms with Gasteiger partial charge in [0.25, 0.3) is 0 Å². The molecule has 0 aliphatic heterocycles. The van der Waals surface area contributed by atoms with Gasteiger partial charge in [0, 0.05) is 11.4 Å². The van der Waals surface area contributed by atoms with Crippen molar-refractivity contribution in [3.63, 3.8) is 0 Å². The summed E-state index contributed by atoms with van der Waals surface area (Å²) in [5.74, 6) is 0.740. The summed E-state index contributed by atoms with van der Waals surface area (Å²) >= 11 is 1.56. The first-order chi connectivity index (χ1) is 7.81. The number of aromatic nitrogens is 1. The smallest absolute Gasteiger partial charge is 0.123 e. The van der Waals surface area contributed by atoms with Gasteiger partial charge in [-0.2, -0.15) is 0 Å². The van der Waals surface area contributed by atoms with Crippen molar-refractivity contribution in [2.75, 3.05) is 6.61 Å². The molecule has 2 heterocycles. The zero-order valence-corrected chi connectivity index (χ0v) is 9.78. The monoisotopic (exact) mass is 238 g/mol. The molecule has 2 aromatic heterocycles. The van der Waals surface area contributed by atoms with Gasteiger partial charge in [-0.1, -0.05) is 0 Å². The summed E-state index contributed by atoms with van der Waals surface area (Å²) in [6.07, 6.45) is 1.60. The van der Waals surface area contributed by atoms with Crippen LogP contribution in [0.2, 0.25) is 0 Å². The van der Waals surface area contributed by atoms with Gasteiger partial charge in [-0.25, -0.2) is 4.98 Å². The van der Waals surface area contributed by atoms with Crippen LogP contribution in [0.3, 0.4) is 0 Å². The molecule has 0 saturated carbocycles. The zero-order chi connectivity index (χ0) is 11.4. The Morgan fingerprint density at radius 1 is 1.62 bits per heavy atom. The number of nitrogens with zero attached hydrogens (tertiary/aromatic N) is 1. The van der Waals surface area contributed by atoms with Crippen LogP contribution in [0.1, 0.15) is 30.5 Å². The second kappa shape index (κ2) is 5.25. The van der Waals surface area contributed by atoms with Crippen LogP contribution in [0.4, 0.5) is 0 Å². The Kier molecular flexibility index (Phi) is 3.71. The summed E-state index contributed by atoms with van der Waals surface area (Å²) in [6.45, 7) is 2.02. The van der Waals surface area contributed by atoms with Crippen molar-refractivity contribution in [1.29, 1.82) is 0 Å². The molecule has 2 atom stereocenters. The number of thiazole rings is 1. The molecular formula is C11H14N2O2S. The van der Waals surface area contributed by atoms with E-state index in [1.807, 2.05) is 24.4 Å². The molecule has 0 bridgehead atoms. The van der Waals surface area contributed by atoms with Gasteiger partial charge in [-0.05, 0) is 19.1 Å². The topological polar surface area (TPSA) is 58.3 Å². The number of nitrogens with one attached hydrogen (secondary N) is 1. The molecule has 0 spiro atoms. The molecule has 2 N–H and O–H groups in total. The lowest BCUT2D eigenvalue weighted by Crippen LogP contribution is -2.27. The van der Waals surface area contributed by atoms with E-state index in [0.29, 0.717) is 0 Å². The fourth-order valence-corrected chi connectivity index (χ4v) is 2.19. The number of hydrogen-bond donors (Lipinski definition) is 2. The minimum Gasteiger partial charge on any atom is -0.468 e. The van der Waals surface area contributed by atoms with Crippen LogP contribution in [0, 0.1) is 0 Å². The molecule has 0 amide bonds. The van der Waals surface area contributed by atoms with Crippen LogP contribution in [-0.2, 0) is 0 Å². The van der Waals surface area contributed by atoms with Gasteiger partial charge in [-0.3, -0.25) is 5.32 Å². The summed E-state index contributed by atoms with van der Waals surface area (Å²) in [6, 6.07) is 3.56. The van der Waals surface area contributed by atoms with Crippen LogP contribution < -0.4 is 5.32 Å². The van der Waals surface area contributed by atoms with Crippen LogP contribution in [0.5, 0.6) is 0 Å². The Bertz CT molecular complexity index is 400. The largest absolute Gasteiger partial charge is 0.468 e. The molecule has 0 aliphatic carbocycles. The molecule has 2 rings (SSSR count). The highest BCUT2D eigenvalue weighted by Crippen LogP contribution is 2.19. The normalized spacial score (nSPS) is 14.9.